The molecule has 1 N–H and O–H groups in total. The fraction of sp³-hybridized carbons (Fsp3) is 0.167. The number of nitrogens with one attached hydrogen (secondary N) is 1. The third kappa shape index (κ3) is 5.61. The summed E-state index contributed by atoms with van der Waals surface area (Å²) in [4.78, 5) is 26.2. The number of ether oxygens (including phenoxy) is 1. The SMILES string of the molecule is CN(C)C(=O)c1ccc(CNC(=O)c2ccccc2OCc2ccc(Cl)cc2)cc1. The summed E-state index contributed by atoms with van der Waals surface area (Å²) in [6.45, 7) is 0.684. The minimum atomic E-state index is -0.227. The second kappa shape index (κ2) is 9.94. The molecule has 0 fully saturated rings. The molecule has 3 rings (SSSR count). The predicted octanol–water partition coefficient (Wildman–Crippen LogP) is 4.55. The van der Waals surface area contributed by atoms with Gasteiger partial charge in [0, 0.05) is 31.2 Å². The van der Waals surface area contributed by atoms with Crippen molar-refractivity contribution in [1.82, 2.24) is 10.2 Å². The van der Waals surface area contributed by atoms with Crippen LogP contribution >= 0.6 is 11.6 Å². The zero-order valence-corrected chi connectivity index (χ0v) is 17.6. The molecule has 2 amide bonds. The fourth-order valence-electron chi connectivity index (χ4n) is 2.82. The van der Waals surface area contributed by atoms with Crippen LogP contribution in [-0.4, -0.2) is 30.8 Å². The first-order valence-electron chi connectivity index (χ1n) is 9.49. The van der Waals surface area contributed by atoms with Gasteiger partial charge in [0.25, 0.3) is 11.8 Å². The van der Waals surface area contributed by atoms with Crippen LogP contribution < -0.4 is 10.1 Å². The zero-order chi connectivity index (χ0) is 21.5. The van der Waals surface area contributed by atoms with Gasteiger partial charge in [0.1, 0.15) is 12.4 Å². The van der Waals surface area contributed by atoms with Crippen molar-refractivity contribution in [3.05, 3.63) is 100 Å². The second-order valence-electron chi connectivity index (χ2n) is 6.99. The van der Waals surface area contributed by atoms with Gasteiger partial charge >= 0.3 is 0 Å². The minimum absolute atomic E-state index is 0.0580. The smallest absolute Gasteiger partial charge is 0.255 e. The maximum absolute atomic E-state index is 12.7. The van der Waals surface area contributed by atoms with E-state index in [1.807, 2.05) is 30.3 Å². The maximum atomic E-state index is 12.7. The first kappa shape index (κ1) is 21.4. The van der Waals surface area contributed by atoms with Crippen LogP contribution in [-0.2, 0) is 13.2 Å². The van der Waals surface area contributed by atoms with Crippen molar-refractivity contribution in [3.63, 3.8) is 0 Å². The molecule has 0 radical (unpaired) electrons. The average molecular weight is 423 g/mol. The number of hydrogen-bond acceptors (Lipinski definition) is 3. The normalized spacial score (nSPS) is 10.4. The topological polar surface area (TPSA) is 58.6 Å². The Hall–Kier alpha value is -3.31. The molecule has 0 aliphatic carbocycles. The van der Waals surface area contributed by atoms with Gasteiger partial charge in [-0.1, -0.05) is 48.0 Å². The maximum Gasteiger partial charge on any atom is 0.255 e. The monoisotopic (exact) mass is 422 g/mol. The number of carbonyl (C=O) groups is 2. The molecule has 0 bridgehead atoms. The van der Waals surface area contributed by atoms with Gasteiger partial charge in [0.2, 0.25) is 0 Å². The number of halogens is 1. The second-order valence-corrected chi connectivity index (χ2v) is 7.43. The van der Waals surface area contributed by atoms with Crippen LogP contribution in [0.25, 0.3) is 0 Å². The minimum Gasteiger partial charge on any atom is -0.488 e. The Kier molecular flexibility index (Phi) is 7.09. The van der Waals surface area contributed by atoms with Gasteiger partial charge in [-0.15, -0.1) is 0 Å². The molecule has 0 aliphatic rings. The number of benzene rings is 3. The molecular formula is C24H23ClN2O3. The summed E-state index contributed by atoms with van der Waals surface area (Å²) in [5.41, 5.74) is 2.93. The van der Waals surface area contributed by atoms with Gasteiger partial charge in [0.15, 0.2) is 0 Å². The lowest BCUT2D eigenvalue weighted by molar-refractivity contribution is 0.0827. The zero-order valence-electron chi connectivity index (χ0n) is 16.9. The molecule has 5 nitrogen and oxygen atoms in total. The van der Waals surface area contributed by atoms with Crippen LogP contribution in [0, 0.1) is 0 Å². The summed E-state index contributed by atoms with van der Waals surface area (Å²) in [6, 6.07) is 21.7. The van der Waals surface area contributed by atoms with Crippen LogP contribution in [0.2, 0.25) is 5.02 Å². The number of nitrogens with zero attached hydrogens (tertiary/aromatic N) is 1. The van der Waals surface area contributed by atoms with Gasteiger partial charge < -0.3 is 15.0 Å². The van der Waals surface area contributed by atoms with Gasteiger partial charge in [-0.25, -0.2) is 0 Å². The van der Waals surface area contributed by atoms with Crippen molar-refractivity contribution in [2.45, 2.75) is 13.2 Å². The van der Waals surface area contributed by atoms with Gasteiger partial charge in [-0.3, -0.25) is 9.59 Å². The molecule has 0 aliphatic heterocycles. The van der Waals surface area contributed by atoms with Crippen molar-refractivity contribution in [2.24, 2.45) is 0 Å². The first-order valence-corrected chi connectivity index (χ1v) is 9.87. The molecule has 0 unspecified atom stereocenters. The quantitative estimate of drug-likeness (QED) is 0.607. The number of rotatable bonds is 7. The first-order chi connectivity index (χ1) is 14.4. The Morgan fingerprint density at radius 2 is 1.53 bits per heavy atom. The molecule has 154 valence electrons. The molecule has 3 aromatic carbocycles. The lowest BCUT2D eigenvalue weighted by Crippen LogP contribution is -2.24. The molecule has 6 heteroatoms. The lowest BCUT2D eigenvalue weighted by atomic mass is 10.1. The summed E-state index contributed by atoms with van der Waals surface area (Å²) < 4.78 is 5.85. The average Bonchev–Trinajstić information content (AvgIpc) is 2.77. The molecule has 0 saturated heterocycles. The van der Waals surface area contributed by atoms with E-state index in [1.54, 1.807) is 56.6 Å². The lowest BCUT2D eigenvalue weighted by Gasteiger charge is -2.13. The molecule has 0 heterocycles. The number of carbonyl (C=O) groups excluding carboxylic acids is 2. The van der Waals surface area contributed by atoms with Gasteiger partial charge in [0.05, 0.1) is 5.56 Å². The van der Waals surface area contributed by atoms with Crippen LogP contribution in [0.3, 0.4) is 0 Å². The highest BCUT2D eigenvalue weighted by atomic mass is 35.5. The predicted molar refractivity (Wildman–Crippen MR) is 118 cm³/mol. The van der Waals surface area contributed by atoms with E-state index in [1.165, 1.54) is 4.90 Å². The Morgan fingerprint density at radius 3 is 2.20 bits per heavy atom. The van der Waals surface area contributed by atoms with E-state index >= 15 is 0 Å². The van der Waals surface area contributed by atoms with Crippen molar-refractivity contribution in [3.8, 4) is 5.75 Å². The molecule has 0 spiro atoms. The van der Waals surface area contributed by atoms with E-state index < -0.39 is 0 Å². The van der Waals surface area contributed by atoms with E-state index in [9.17, 15) is 9.59 Å². The Balaban J connectivity index is 1.61. The molecule has 3 aromatic rings. The van der Waals surface area contributed by atoms with Crippen LogP contribution in [0.15, 0.2) is 72.8 Å². The molecule has 0 saturated carbocycles. The van der Waals surface area contributed by atoms with Crippen molar-refractivity contribution < 1.29 is 14.3 Å². The van der Waals surface area contributed by atoms with Crippen LogP contribution in [0.5, 0.6) is 5.75 Å². The number of hydrogen-bond donors (Lipinski definition) is 1. The van der Waals surface area contributed by atoms with Crippen molar-refractivity contribution in [1.29, 1.82) is 0 Å². The van der Waals surface area contributed by atoms with E-state index in [4.69, 9.17) is 16.3 Å². The highest BCUT2D eigenvalue weighted by Gasteiger charge is 2.13. The van der Waals surface area contributed by atoms with E-state index in [-0.39, 0.29) is 11.8 Å². The van der Waals surface area contributed by atoms with Crippen molar-refractivity contribution in [2.75, 3.05) is 14.1 Å². The third-order valence-electron chi connectivity index (χ3n) is 4.50. The summed E-state index contributed by atoms with van der Waals surface area (Å²) in [6.07, 6.45) is 0. The largest absolute Gasteiger partial charge is 0.488 e. The van der Waals surface area contributed by atoms with E-state index in [0.29, 0.717) is 35.1 Å². The Morgan fingerprint density at radius 1 is 0.900 bits per heavy atom. The third-order valence-corrected chi connectivity index (χ3v) is 4.75. The number of amides is 2. The molecule has 0 atom stereocenters. The van der Waals surface area contributed by atoms with Crippen LogP contribution in [0.4, 0.5) is 0 Å². The van der Waals surface area contributed by atoms with Gasteiger partial charge in [-0.2, -0.15) is 0 Å². The standard InChI is InChI=1S/C24H23ClN2O3/c1-27(2)24(29)19-11-7-17(8-12-19)15-26-23(28)21-5-3-4-6-22(21)30-16-18-9-13-20(25)14-10-18/h3-14H,15-16H2,1-2H3,(H,26,28). The summed E-state index contributed by atoms with van der Waals surface area (Å²) in [5.74, 6) is 0.226. The highest BCUT2D eigenvalue weighted by Crippen LogP contribution is 2.20. The summed E-state index contributed by atoms with van der Waals surface area (Å²) >= 11 is 5.91. The fourth-order valence-corrected chi connectivity index (χ4v) is 2.95. The van der Waals surface area contributed by atoms with Crippen LogP contribution in [0.1, 0.15) is 31.8 Å². The van der Waals surface area contributed by atoms with E-state index in [2.05, 4.69) is 5.32 Å². The van der Waals surface area contributed by atoms with Gasteiger partial charge in [-0.05, 0) is 47.5 Å². The Bertz CT molecular complexity index is 1020. The molecule has 0 aromatic heterocycles. The Labute approximate surface area is 181 Å². The van der Waals surface area contributed by atoms with Crippen molar-refractivity contribution >= 4 is 23.4 Å². The summed E-state index contributed by atoms with van der Waals surface area (Å²) in [7, 11) is 3.42. The number of para-hydroxylation sites is 1. The molecule has 30 heavy (non-hydrogen) atoms. The highest BCUT2D eigenvalue weighted by molar-refractivity contribution is 6.30. The van der Waals surface area contributed by atoms with E-state index in [0.717, 1.165) is 11.1 Å². The summed E-state index contributed by atoms with van der Waals surface area (Å²) in [5, 5.41) is 3.57. The molecular weight excluding hydrogens is 400 g/mol.